The topological polar surface area (TPSA) is 130 Å². The van der Waals surface area contributed by atoms with Gasteiger partial charge in [0.25, 0.3) is 20.2 Å². The first-order chi connectivity index (χ1) is 10.1. The van der Waals surface area contributed by atoms with Crippen LogP contribution in [-0.4, -0.2) is 60.4 Å². The first-order valence-electron chi connectivity index (χ1n) is 6.38. The second kappa shape index (κ2) is 9.87. The molecule has 0 heterocycles. The van der Waals surface area contributed by atoms with Gasteiger partial charge in [0.05, 0.1) is 18.6 Å². The third-order valence-electron chi connectivity index (χ3n) is 2.31. The standard InChI is InChI=1S/C11H20O9S2/c1-10(12)8-19-21(14,15)6-4-3-5-7-22(16,17)20-9-11(13)18-2/h3-9H2,1-2H3. The molecular weight excluding hydrogens is 340 g/mol. The number of ether oxygens (including phenoxy) is 1. The van der Waals surface area contributed by atoms with Crippen LogP contribution in [0.15, 0.2) is 0 Å². The molecule has 0 aliphatic carbocycles. The largest absolute Gasteiger partial charge is 0.467 e. The lowest BCUT2D eigenvalue weighted by atomic mass is 10.3. The highest BCUT2D eigenvalue weighted by molar-refractivity contribution is 7.87. The summed E-state index contributed by atoms with van der Waals surface area (Å²) in [5.74, 6) is -1.85. The van der Waals surface area contributed by atoms with Crippen LogP contribution in [-0.2, 0) is 42.9 Å². The second-order valence-corrected chi connectivity index (χ2v) is 7.91. The maximum atomic E-state index is 11.4. The molecule has 0 fully saturated rings. The van der Waals surface area contributed by atoms with E-state index in [2.05, 4.69) is 13.1 Å². The fraction of sp³-hybridized carbons (Fsp3) is 0.818. The third-order valence-corrected chi connectivity index (χ3v) is 4.85. The molecule has 22 heavy (non-hydrogen) atoms. The average molecular weight is 360 g/mol. The summed E-state index contributed by atoms with van der Waals surface area (Å²) in [6.45, 7) is 0.0128. The number of methoxy groups -OCH3 is 1. The van der Waals surface area contributed by atoms with Crippen molar-refractivity contribution in [3.05, 3.63) is 0 Å². The summed E-state index contributed by atoms with van der Waals surface area (Å²) in [4.78, 5) is 21.3. The summed E-state index contributed by atoms with van der Waals surface area (Å²) in [5.41, 5.74) is 0. The predicted octanol–water partition coefficient (Wildman–Crippen LogP) is -0.388. The van der Waals surface area contributed by atoms with Crippen LogP contribution in [0.5, 0.6) is 0 Å². The van der Waals surface area contributed by atoms with Crippen molar-refractivity contribution in [2.75, 3.05) is 31.8 Å². The molecule has 130 valence electrons. The molecule has 11 heteroatoms. The van der Waals surface area contributed by atoms with Crippen molar-refractivity contribution in [3.8, 4) is 0 Å². The zero-order valence-electron chi connectivity index (χ0n) is 12.4. The van der Waals surface area contributed by atoms with Gasteiger partial charge in [-0.15, -0.1) is 0 Å². The highest BCUT2D eigenvalue weighted by atomic mass is 32.2. The van der Waals surface area contributed by atoms with E-state index in [0.29, 0.717) is 6.42 Å². The fourth-order valence-corrected chi connectivity index (χ4v) is 3.19. The van der Waals surface area contributed by atoms with E-state index in [1.165, 1.54) is 6.92 Å². The molecule has 0 spiro atoms. The smallest absolute Gasteiger partial charge is 0.333 e. The van der Waals surface area contributed by atoms with Crippen molar-refractivity contribution in [1.82, 2.24) is 0 Å². The number of esters is 1. The van der Waals surface area contributed by atoms with Gasteiger partial charge >= 0.3 is 5.97 Å². The summed E-state index contributed by atoms with van der Waals surface area (Å²) in [5, 5.41) is 0. The zero-order valence-corrected chi connectivity index (χ0v) is 14.1. The second-order valence-electron chi connectivity index (χ2n) is 4.39. The van der Waals surface area contributed by atoms with Crippen LogP contribution < -0.4 is 0 Å². The maximum Gasteiger partial charge on any atom is 0.333 e. The molecule has 0 amide bonds. The van der Waals surface area contributed by atoms with Gasteiger partial charge in [-0.05, 0) is 19.8 Å². The van der Waals surface area contributed by atoms with Gasteiger partial charge in [0.2, 0.25) is 0 Å². The summed E-state index contributed by atoms with van der Waals surface area (Å²) in [7, 11) is -6.53. The summed E-state index contributed by atoms with van der Waals surface area (Å²) >= 11 is 0. The summed E-state index contributed by atoms with van der Waals surface area (Å²) in [6.07, 6.45) is 0.669. The minimum absolute atomic E-state index is 0.172. The number of Topliss-reactive ketones (excluding diaryl/α,β-unsaturated/α-hetero) is 1. The van der Waals surface area contributed by atoms with Crippen LogP contribution in [0.25, 0.3) is 0 Å². The lowest BCUT2D eigenvalue weighted by molar-refractivity contribution is -0.142. The third kappa shape index (κ3) is 11.6. The Labute approximate surface area is 130 Å². The number of hydrogen-bond donors (Lipinski definition) is 0. The van der Waals surface area contributed by atoms with Crippen LogP contribution in [0.3, 0.4) is 0 Å². The van der Waals surface area contributed by atoms with Crippen molar-refractivity contribution < 1.29 is 39.5 Å². The van der Waals surface area contributed by atoms with Gasteiger partial charge in [-0.25, -0.2) is 4.79 Å². The van der Waals surface area contributed by atoms with Gasteiger partial charge in [-0.1, -0.05) is 6.42 Å². The number of rotatable bonds is 12. The molecule has 9 nitrogen and oxygen atoms in total. The van der Waals surface area contributed by atoms with E-state index in [9.17, 15) is 26.4 Å². The van der Waals surface area contributed by atoms with Gasteiger partial charge in [0.15, 0.2) is 12.4 Å². The van der Waals surface area contributed by atoms with E-state index in [0.717, 1.165) is 7.11 Å². The zero-order chi connectivity index (χ0) is 17.2. The van der Waals surface area contributed by atoms with Crippen molar-refractivity contribution in [1.29, 1.82) is 0 Å². The van der Waals surface area contributed by atoms with Crippen molar-refractivity contribution in [2.24, 2.45) is 0 Å². The van der Waals surface area contributed by atoms with E-state index in [1.54, 1.807) is 0 Å². The lowest BCUT2D eigenvalue weighted by Crippen LogP contribution is -2.18. The van der Waals surface area contributed by atoms with Crippen LogP contribution in [0.4, 0.5) is 0 Å². The normalized spacial score (nSPS) is 12.1. The number of unbranched alkanes of at least 4 members (excludes halogenated alkanes) is 2. The molecule has 0 aliphatic rings. The van der Waals surface area contributed by atoms with E-state index in [1.807, 2.05) is 0 Å². The number of ketones is 1. The highest BCUT2D eigenvalue weighted by Crippen LogP contribution is 2.05. The quantitative estimate of drug-likeness (QED) is 0.259. The van der Waals surface area contributed by atoms with Crippen LogP contribution >= 0.6 is 0 Å². The molecule has 0 atom stereocenters. The molecule has 0 rings (SSSR count). The summed E-state index contributed by atoms with van der Waals surface area (Å²) in [6, 6.07) is 0. The molecule has 0 N–H and O–H groups in total. The van der Waals surface area contributed by atoms with Crippen LogP contribution in [0, 0.1) is 0 Å². The Morgan fingerprint density at radius 3 is 1.68 bits per heavy atom. The average Bonchev–Trinajstić information content (AvgIpc) is 2.42. The molecule has 0 aromatic rings. The molecule has 0 aromatic heterocycles. The molecule has 0 saturated heterocycles. The SMILES string of the molecule is COC(=O)COS(=O)(=O)CCCCCS(=O)(=O)OCC(C)=O. The molecule has 0 saturated carbocycles. The maximum absolute atomic E-state index is 11.4. The van der Waals surface area contributed by atoms with E-state index in [4.69, 9.17) is 0 Å². The molecular formula is C11H20O9S2. The Hall–Kier alpha value is -1.04. The van der Waals surface area contributed by atoms with Crippen LogP contribution in [0.1, 0.15) is 26.2 Å². The van der Waals surface area contributed by atoms with Crippen molar-refractivity contribution in [3.63, 3.8) is 0 Å². The lowest BCUT2D eigenvalue weighted by Gasteiger charge is -2.05. The van der Waals surface area contributed by atoms with E-state index < -0.39 is 45.2 Å². The van der Waals surface area contributed by atoms with Crippen molar-refractivity contribution in [2.45, 2.75) is 26.2 Å². The highest BCUT2D eigenvalue weighted by Gasteiger charge is 2.15. The van der Waals surface area contributed by atoms with Crippen molar-refractivity contribution >= 4 is 32.0 Å². The van der Waals surface area contributed by atoms with Gasteiger partial charge in [-0.3, -0.25) is 13.2 Å². The molecule has 0 aromatic carbocycles. The first kappa shape index (κ1) is 21.0. The summed E-state index contributed by atoms with van der Waals surface area (Å²) < 4.78 is 58.5. The Morgan fingerprint density at radius 1 is 0.818 bits per heavy atom. The Balaban J connectivity index is 3.93. The van der Waals surface area contributed by atoms with E-state index in [-0.39, 0.29) is 24.3 Å². The van der Waals surface area contributed by atoms with E-state index >= 15 is 0 Å². The van der Waals surface area contributed by atoms with Crippen LogP contribution in [0.2, 0.25) is 0 Å². The molecule has 0 bridgehead atoms. The van der Waals surface area contributed by atoms with Gasteiger partial charge in [0, 0.05) is 0 Å². The number of hydrogen-bond acceptors (Lipinski definition) is 9. The first-order valence-corrected chi connectivity index (χ1v) is 9.54. The molecule has 0 aliphatic heterocycles. The number of carbonyl (C=O) groups excluding carboxylic acids is 2. The van der Waals surface area contributed by atoms with Gasteiger partial charge in [-0.2, -0.15) is 16.8 Å². The van der Waals surface area contributed by atoms with Gasteiger partial charge in [0.1, 0.15) is 6.61 Å². The monoisotopic (exact) mass is 360 g/mol. The predicted molar refractivity (Wildman–Crippen MR) is 76.0 cm³/mol. The number of carbonyl (C=O) groups is 2. The Kier molecular flexibility index (Phi) is 9.41. The fourth-order valence-electron chi connectivity index (χ4n) is 1.22. The minimum Gasteiger partial charge on any atom is -0.467 e. The molecule has 0 radical (unpaired) electrons. The van der Waals surface area contributed by atoms with Gasteiger partial charge < -0.3 is 4.74 Å². The Morgan fingerprint density at radius 2 is 1.27 bits per heavy atom. The molecule has 0 unspecified atom stereocenters. The Bertz CT molecular complexity index is 562. The minimum atomic E-state index is -3.85.